The molecule has 0 radical (unpaired) electrons. The van der Waals surface area contributed by atoms with Gasteiger partial charge in [0.15, 0.2) is 0 Å². The number of benzene rings is 1. The van der Waals surface area contributed by atoms with Gasteiger partial charge >= 0.3 is 0 Å². The van der Waals surface area contributed by atoms with Crippen molar-refractivity contribution in [2.24, 2.45) is 0 Å². The molecule has 0 atom stereocenters. The summed E-state index contributed by atoms with van der Waals surface area (Å²) in [5, 5.41) is 9.30. The largest absolute Gasteiger partial charge is 0.493 e. The maximum atomic E-state index is 9.30. The summed E-state index contributed by atoms with van der Waals surface area (Å²) in [6.45, 7) is 2.45. The van der Waals surface area contributed by atoms with Crippen molar-refractivity contribution in [3.05, 3.63) is 42.2 Å². The Morgan fingerprint density at radius 1 is 1.24 bits per heavy atom. The Balaban J connectivity index is 2.47. The van der Waals surface area contributed by atoms with Gasteiger partial charge in [0.2, 0.25) is 0 Å². The smallest absolute Gasteiger partial charge is 0.256 e. The van der Waals surface area contributed by atoms with Crippen LogP contribution in [-0.2, 0) is 0 Å². The van der Waals surface area contributed by atoms with Gasteiger partial charge in [-0.3, -0.25) is 3.97 Å². The van der Waals surface area contributed by atoms with Crippen LogP contribution in [0.3, 0.4) is 0 Å². The zero-order valence-corrected chi connectivity index (χ0v) is 14.1. The number of para-hydroxylation sites is 1. The number of nitriles is 1. The fourth-order valence-electron chi connectivity index (χ4n) is 1.88. The highest BCUT2D eigenvalue weighted by Gasteiger charge is 2.23. The molecule has 1 heterocycles. The predicted octanol–water partition coefficient (Wildman–Crippen LogP) is 5.25. The van der Waals surface area contributed by atoms with Crippen molar-refractivity contribution >= 4 is 46.8 Å². The van der Waals surface area contributed by atoms with Gasteiger partial charge in [-0.05, 0) is 13.0 Å². The lowest BCUT2D eigenvalue weighted by atomic mass is 10.0. The molecule has 0 saturated carbocycles. The van der Waals surface area contributed by atoms with Crippen LogP contribution < -0.4 is 4.74 Å². The second-order valence-corrected chi connectivity index (χ2v) is 8.19. The maximum absolute atomic E-state index is 9.30. The van der Waals surface area contributed by atoms with Crippen molar-refractivity contribution in [1.29, 1.82) is 5.26 Å². The minimum Gasteiger partial charge on any atom is -0.493 e. The molecule has 0 aliphatic rings. The number of aromatic nitrogens is 1. The molecular weight excluding hydrogens is 351 g/mol. The van der Waals surface area contributed by atoms with E-state index in [9.17, 15) is 5.26 Å². The summed E-state index contributed by atoms with van der Waals surface area (Å²) >= 11 is 18.3. The fraction of sp³-hybridized carbons (Fsp3) is 0.214. The quantitative estimate of drug-likeness (QED) is 0.698. The monoisotopic (exact) mass is 360 g/mol. The van der Waals surface area contributed by atoms with Gasteiger partial charge < -0.3 is 4.74 Å². The van der Waals surface area contributed by atoms with E-state index in [1.807, 2.05) is 31.2 Å². The second-order valence-electron chi connectivity index (χ2n) is 4.02. The first-order chi connectivity index (χ1) is 9.94. The van der Waals surface area contributed by atoms with Gasteiger partial charge in [-0.15, -0.1) is 0 Å². The number of hydrogen-bond acceptors (Lipinski definition) is 3. The van der Waals surface area contributed by atoms with E-state index < -0.39 is 3.12 Å². The SMILES string of the molecule is CCOc1ccccc1-c1cn(SC(Cl)(Cl)Cl)cc1C#N. The molecule has 0 saturated heterocycles. The van der Waals surface area contributed by atoms with Crippen LogP contribution >= 0.6 is 46.8 Å². The van der Waals surface area contributed by atoms with Gasteiger partial charge in [0.05, 0.1) is 12.2 Å². The highest BCUT2D eigenvalue weighted by molar-refractivity contribution is 8.03. The minimum atomic E-state index is -1.50. The van der Waals surface area contributed by atoms with Crippen molar-refractivity contribution in [2.75, 3.05) is 6.61 Å². The molecule has 0 bridgehead atoms. The molecule has 0 aliphatic carbocycles. The molecule has 110 valence electrons. The van der Waals surface area contributed by atoms with Crippen LogP contribution in [0.15, 0.2) is 36.7 Å². The molecule has 21 heavy (non-hydrogen) atoms. The lowest BCUT2D eigenvalue weighted by Crippen LogP contribution is -1.98. The summed E-state index contributed by atoms with van der Waals surface area (Å²) in [7, 11) is 0. The highest BCUT2D eigenvalue weighted by atomic mass is 35.6. The average Bonchev–Trinajstić information content (AvgIpc) is 2.80. The lowest BCUT2D eigenvalue weighted by molar-refractivity contribution is 0.341. The maximum Gasteiger partial charge on any atom is 0.256 e. The van der Waals surface area contributed by atoms with Crippen LogP contribution in [0.4, 0.5) is 0 Å². The van der Waals surface area contributed by atoms with E-state index in [2.05, 4.69) is 6.07 Å². The zero-order valence-electron chi connectivity index (χ0n) is 11.0. The minimum absolute atomic E-state index is 0.490. The molecule has 7 heteroatoms. The van der Waals surface area contributed by atoms with Crippen LogP contribution in [0.5, 0.6) is 5.75 Å². The Morgan fingerprint density at radius 3 is 2.57 bits per heavy atom. The van der Waals surface area contributed by atoms with Gasteiger partial charge in [-0.1, -0.05) is 53.0 Å². The number of nitrogens with zero attached hydrogens (tertiary/aromatic N) is 2. The van der Waals surface area contributed by atoms with Crippen molar-refractivity contribution in [1.82, 2.24) is 3.97 Å². The number of halogens is 3. The Labute approximate surface area is 142 Å². The Hall–Kier alpha value is -0.990. The molecule has 2 rings (SSSR count). The molecule has 0 aliphatic heterocycles. The molecule has 0 spiro atoms. The van der Waals surface area contributed by atoms with Crippen LogP contribution in [0, 0.1) is 11.3 Å². The third-order valence-corrected chi connectivity index (χ3v) is 3.86. The van der Waals surface area contributed by atoms with Crippen molar-refractivity contribution in [2.45, 2.75) is 10.0 Å². The number of rotatable bonds is 4. The molecule has 0 fully saturated rings. The van der Waals surface area contributed by atoms with E-state index in [0.717, 1.165) is 23.1 Å². The fourth-order valence-corrected chi connectivity index (χ4v) is 3.15. The number of ether oxygens (including phenoxy) is 1. The van der Waals surface area contributed by atoms with Crippen molar-refractivity contribution in [3.63, 3.8) is 0 Å². The summed E-state index contributed by atoms with van der Waals surface area (Å²) < 4.78 is 5.71. The van der Waals surface area contributed by atoms with E-state index in [4.69, 9.17) is 39.5 Å². The summed E-state index contributed by atoms with van der Waals surface area (Å²) in [5.41, 5.74) is 2.06. The van der Waals surface area contributed by atoms with Crippen LogP contribution in [0.2, 0.25) is 0 Å². The van der Waals surface area contributed by atoms with Crippen molar-refractivity contribution in [3.8, 4) is 22.9 Å². The van der Waals surface area contributed by atoms with E-state index in [1.54, 1.807) is 16.4 Å². The van der Waals surface area contributed by atoms with Crippen LogP contribution in [0.25, 0.3) is 11.1 Å². The Bertz CT molecular complexity index is 674. The normalized spacial score (nSPS) is 11.2. The molecule has 3 nitrogen and oxygen atoms in total. The summed E-state index contributed by atoms with van der Waals surface area (Å²) in [6, 6.07) is 9.68. The average molecular weight is 362 g/mol. The van der Waals surface area contributed by atoms with Gasteiger partial charge in [0, 0.05) is 35.5 Å². The first-order valence-electron chi connectivity index (χ1n) is 6.05. The predicted molar refractivity (Wildman–Crippen MR) is 89.0 cm³/mol. The van der Waals surface area contributed by atoms with E-state index in [-0.39, 0.29) is 0 Å². The molecule has 1 aromatic carbocycles. The highest BCUT2D eigenvalue weighted by Crippen LogP contribution is 2.42. The van der Waals surface area contributed by atoms with Crippen LogP contribution in [-0.4, -0.2) is 13.7 Å². The number of alkyl halides is 3. The van der Waals surface area contributed by atoms with Crippen molar-refractivity contribution < 1.29 is 4.74 Å². The van der Waals surface area contributed by atoms with Crippen LogP contribution in [0.1, 0.15) is 12.5 Å². The third-order valence-electron chi connectivity index (χ3n) is 2.61. The van der Waals surface area contributed by atoms with Gasteiger partial charge in [0.25, 0.3) is 3.12 Å². The van der Waals surface area contributed by atoms with E-state index in [0.29, 0.717) is 17.9 Å². The molecule has 1 aromatic heterocycles. The van der Waals surface area contributed by atoms with Gasteiger partial charge in [-0.25, -0.2) is 0 Å². The topological polar surface area (TPSA) is 38.0 Å². The Morgan fingerprint density at radius 2 is 1.95 bits per heavy atom. The second kappa shape index (κ2) is 6.85. The lowest BCUT2D eigenvalue weighted by Gasteiger charge is -2.10. The molecular formula is C14H11Cl3N2OS. The third kappa shape index (κ3) is 4.24. The first-order valence-corrected chi connectivity index (χ1v) is 7.96. The number of hydrogen-bond donors (Lipinski definition) is 0. The van der Waals surface area contributed by atoms with Gasteiger partial charge in [-0.2, -0.15) is 5.26 Å². The molecule has 0 unspecified atom stereocenters. The Kier molecular flexibility index (Phi) is 5.34. The summed E-state index contributed by atoms with van der Waals surface area (Å²) in [6.07, 6.45) is 3.38. The summed E-state index contributed by atoms with van der Waals surface area (Å²) in [4.78, 5) is 0. The first kappa shape index (κ1) is 16.4. The molecule has 0 amide bonds. The zero-order chi connectivity index (χ0) is 15.5. The van der Waals surface area contributed by atoms with Gasteiger partial charge in [0.1, 0.15) is 11.8 Å². The van der Waals surface area contributed by atoms with E-state index >= 15 is 0 Å². The standard InChI is InChI=1S/C14H11Cl3N2OS/c1-2-20-13-6-4-3-5-11(13)12-9-19(8-10(12)7-18)21-14(15,16)17/h3-6,8-9H,2H2,1H3. The molecule has 0 N–H and O–H groups in total. The summed E-state index contributed by atoms with van der Waals surface area (Å²) in [5.74, 6) is 0.716. The molecule has 2 aromatic rings. The van der Waals surface area contributed by atoms with E-state index in [1.165, 1.54) is 0 Å².